The minimum atomic E-state index is -1.02. The van der Waals surface area contributed by atoms with Gasteiger partial charge in [-0.2, -0.15) is 0 Å². The van der Waals surface area contributed by atoms with Crippen LogP contribution < -0.4 is 0 Å². The lowest BCUT2D eigenvalue weighted by molar-refractivity contribution is -0.145. The third-order valence-corrected chi connectivity index (χ3v) is 2.66. The molecule has 0 saturated heterocycles. The quantitative estimate of drug-likeness (QED) is 0.876. The highest BCUT2D eigenvalue weighted by Crippen LogP contribution is 2.25. The fraction of sp³-hybridized carbons (Fsp3) is 0.750. The molecule has 0 radical (unpaired) electrons. The van der Waals surface area contributed by atoms with Crippen LogP contribution in [0.2, 0.25) is 0 Å². The van der Waals surface area contributed by atoms with Gasteiger partial charge in [0.1, 0.15) is 17.2 Å². The molecule has 1 heterocycles. The smallest absolute Gasteiger partial charge is 0.329 e. The second-order valence-electron chi connectivity index (χ2n) is 6.10. The van der Waals surface area contributed by atoms with E-state index in [1.54, 1.807) is 25.3 Å². The molecule has 5 nitrogen and oxygen atoms in total. The fourth-order valence-electron chi connectivity index (χ4n) is 1.82. The van der Waals surface area contributed by atoms with Gasteiger partial charge in [0.15, 0.2) is 0 Å². The summed E-state index contributed by atoms with van der Waals surface area (Å²) in [7, 11) is 0. The Morgan fingerprint density at radius 1 is 1.24 bits per heavy atom. The van der Waals surface area contributed by atoms with Crippen LogP contribution in [0.4, 0.5) is 0 Å². The summed E-state index contributed by atoms with van der Waals surface area (Å²) >= 11 is 0. The van der Waals surface area contributed by atoms with Gasteiger partial charge in [0.05, 0.1) is 0 Å². The van der Waals surface area contributed by atoms with E-state index in [0.717, 1.165) is 5.82 Å². The van der Waals surface area contributed by atoms with Gasteiger partial charge in [0.2, 0.25) is 0 Å². The van der Waals surface area contributed by atoms with Gasteiger partial charge in [0, 0.05) is 6.42 Å². The Hall–Kier alpha value is -1.39. The van der Waals surface area contributed by atoms with Crippen LogP contribution in [0.25, 0.3) is 0 Å². The fourth-order valence-corrected chi connectivity index (χ4v) is 1.82. The number of aliphatic carboxylic acids is 1. The van der Waals surface area contributed by atoms with E-state index in [0.29, 0.717) is 12.2 Å². The van der Waals surface area contributed by atoms with Crippen LogP contribution in [0.3, 0.4) is 0 Å². The number of carbonyl (C=O) groups is 1. The zero-order chi connectivity index (χ0) is 13.4. The van der Waals surface area contributed by atoms with Crippen LogP contribution in [0.1, 0.15) is 46.3 Å². The number of rotatable bonds is 3. The highest BCUT2D eigenvalue weighted by molar-refractivity contribution is 5.75. The first-order valence-corrected chi connectivity index (χ1v) is 5.70. The van der Waals surface area contributed by atoms with Crippen molar-refractivity contribution in [2.24, 2.45) is 5.41 Å². The molecule has 0 saturated carbocycles. The van der Waals surface area contributed by atoms with E-state index in [9.17, 15) is 9.90 Å². The van der Waals surface area contributed by atoms with E-state index >= 15 is 0 Å². The molecule has 0 amide bonds. The molecule has 96 valence electrons. The maximum atomic E-state index is 11.3. The summed E-state index contributed by atoms with van der Waals surface area (Å²) in [6.07, 6.45) is 0.699. The van der Waals surface area contributed by atoms with E-state index in [-0.39, 0.29) is 5.41 Å². The van der Waals surface area contributed by atoms with E-state index < -0.39 is 11.5 Å². The molecule has 17 heavy (non-hydrogen) atoms. The van der Waals surface area contributed by atoms with E-state index in [1.165, 1.54) is 0 Å². The molecular weight excluding hydrogens is 218 g/mol. The molecule has 0 aliphatic carbocycles. The molecule has 1 aromatic rings. The minimum Gasteiger partial charge on any atom is -0.480 e. The third-order valence-electron chi connectivity index (χ3n) is 2.66. The molecule has 1 aromatic heterocycles. The summed E-state index contributed by atoms with van der Waals surface area (Å²) in [4.78, 5) is 11.3. The van der Waals surface area contributed by atoms with Crippen LogP contribution in [0.15, 0.2) is 0 Å². The van der Waals surface area contributed by atoms with Gasteiger partial charge in [-0.3, -0.25) is 4.57 Å². The summed E-state index contributed by atoms with van der Waals surface area (Å²) in [5.74, 6) is 0.481. The summed E-state index contributed by atoms with van der Waals surface area (Å²) in [5, 5.41) is 17.4. The topological polar surface area (TPSA) is 68.0 Å². The molecule has 0 bridgehead atoms. The number of aryl methyl sites for hydroxylation is 1. The van der Waals surface area contributed by atoms with E-state index in [4.69, 9.17) is 0 Å². The van der Waals surface area contributed by atoms with Crippen molar-refractivity contribution in [1.29, 1.82) is 0 Å². The Morgan fingerprint density at radius 2 is 1.76 bits per heavy atom. The van der Waals surface area contributed by atoms with Crippen molar-refractivity contribution >= 4 is 5.97 Å². The zero-order valence-electron chi connectivity index (χ0n) is 11.4. The second-order valence-corrected chi connectivity index (χ2v) is 6.10. The van der Waals surface area contributed by atoms with Crippen LogP contribution in [0.5, 0.6) is 0 Å². The molecule has 1 N–H and O–H groups in total. The van der Waals surface area contributed by atoms with Gasteiger partial charge in [-0.25, -0.2) is 4.79 Å². The number of hydrogen-bond donors (Lipinski definition) is 1. The van der Waals surface area contributed by atoms with Crippen molar-refractivity contribution < 1.29 is 9.90 Å². The Balaban J connectivity index is 3.24. The number of hydrogen-bond acceptors (Lipinski definition) is 3. The van der Waals surface area contributed by atoms with E-state index in [2.05, 4.69) is 31.0 Å². The van der Waals surface area contributed by atoms with Crippen LogP contribution in [0, 0.1) is 12.3 Å². The van der Waals surface area contributed by atoms with Gasteiger partial charge in [-0.05, 0) is 26.2 Å². The number of aromatic nitrogens is 3. The van der Waals surface area contributed by atoms with Gasteiger partial charge < -0.3 is 5.11 Å². The molecule has 5 heteroatoms. The van der Waals surface area contributed by atoms with Crippen molar-refractivity contribution in [3.63, 3.8) is 0 Å². The van der Waals surface area contributed by atoms with Crippen LogP contribution in [-0.2, 0) is 16.8 Å². The largest absolute Gasteiger partial charge is 0.480 e. The third kappa shape index (κ3) is 2.84. The molecule has 0 aliphatic rings. The van der Waals surface area contributed by atoms with Gasteiger partial charge in [0.25, 0.3) is 0 Å². The summed E-state index contributed by atoms with van der Waals surface area (Å²) < 4.78 is 1.71. The lowest BCUT2D eigenvalue weighted by atomic mass is 9.91. The van der Waals surface area contributed by atoms with Crippen LogP contribution >= 0.6 is 0 Å². The SMILES string of the molecule is Cc1nnc(CC(C)(C)C)n1C(C)(C)C(=O)O. The Labute approximate surface area is 102 Å². The van der Waals surface area contributed by atoms with Crippen molar-refractivity contribution in [2.45, 2.75) is 53.5 Å². The highest BCUT2D eigenvalue weighted by atomic mass is 16.4. The maximum absolute atomic E-state index is 11.3. The minimum absolute atomic E-state index is 0.0474. The van der Waals surface area contributed by atoms with Gasteiger partial charge in [-0.1, -0.05) is 20.8 Å². The molecular formula is C12H21N3O2. The first kappa shape index (κ1) is 13.7. The maximum Gasteiger partial charge on any atom is 0.329 e. The van der Waals surface area contributed by atoms with Gasteiger partial charge in [-0.15, -0.1) is 10.2 Å². The highest BCUT2D eigenvalue weighted by Gasteiger charge is 2.34. The first-order chi connectivity index (χ1) is 7.55. The van der Waals surface area contributed by atoms with Crippen molar-refractivity contribution in [3.05, 3.63) is 11.6 Å². The average molecular weight is 239 g/mol. The first-order valence-electron chi connectivity index (χ1n) is 5.70. The monoisotopic (exact) mass is 239 g/mol. The normalized spacial score (nSPS) is 12.8. The molecule has 0 aliphatic heterocycles. The van der Waals surface area contributed by atoms with Crippen molar-refractivity contribution in [2.75, 3.05) is 0 Å². The Morgan fingerprint density at radius 3 is 2.18 bits per heavy atom. The Kier molecular flexibility index (Phi) is 3.32. The van der Waals surface area contributed by atoms with E-state index in [1.807, 2.05) is 0 Å². The van der Waals surface area contributed by atoms with Crippen LogP contribution in [-0.4, -0.2) is 25.8 Å². The molecule has 0 atom stereocenters. The number of carboxylic acids is 1. The summed E-state index contributed by atoms with van der Waals surface area (Å²) in [6, 6.07) is 0. The van der Waals surface area contributed by atoms with Gasteiger partial charge >= 0.3 is 5.97 Å². The second kappa shape index (κ2) is 4.13. The molecule has 0 fully saturated rings. The summed E-state index contributed by atoms with van der Waals surface area (Å²) in [6.45, 7) is 11.4. The zero-order valence-corrected chi connectivity index (χ0v) is 11.4. The summed E-state index contributed by atoms with van der Waals surface area (Å²) in [5.41, 5.74) is -0.972. The molecule has 0 unspecified atom stereocenters. The van der Waals surface area contributed by atoms with Crippen molar-refractivity contribution in [1.82, 2.24) is 14.8 Å². The number of nitrogens with zero attached hydrogens (tertiary/aromatic N) is 3. The predicted molar refractivity (Wildman–Crippen MR) is 64.9 cm³/mol. The lowest BCUT2D eigenvalue weighted by Gasteiger charge is -2.26. The lowest BCUT2D eigenvalue weighted by Crippen LogP contribution is -2.38. The molecule has 0 aromatic carbocycles. The average Bonchev–Trinajstić information content (AvgIpc) is 2.44. The molecule has 1 rings (SSSR count). The predicted octanol–water partition coefficient (Wildman–Crippen LogP) is 1.99. The molecule has 0 spiro atoms. The Bertz CT molecular complexity index is 427. The van der Waals surface area contributed by atoms with Crippen molar-refractivity contribution in [3.8, 4) is 0 Å². The standard InChI is InChI=1S/C12H21N3O2/c1-8-13-14-9(7-11(2,3)4)15(8)12(5,6)10(16)17/h7H2,1-6H3,(H,16,17). The number of carboxylic acid groups (broad SMARTS) is 1.